The third-order valence-electron chi connectivity index (χ3n) is 2.42. The molecule has 0 fully saturated rings. The van der Waals surface area contributed by atoms with Gasteiger partial charge >= 0.3 is 0 Å². The first-order valence-electron chi connectivity index (χ1n) is 5.31. The van der Waals surface area contributed by atoms with Crippen LogP contribution in [-0.4, -0.2) is 8.42 Å². The predicted octanol–water partition coefficient (Wildman–Crippen LogP) is 2.26. The van der Waals surface area contributed by atoms with Crippen molar-refractivity contribution in [1.29, 1.82) is 0 Å². The van der Waals surface area contributed by atoms with Crippen LogP contribution >= 0.6 is 22.6 Å². The van der Waals surface area contributed by atoms with Crippen LogP contribution in [0.5, 0.6) is 0 Å². The van der Waals surface area contributed by atoms with Crippen molar-refractivity contribution in [2.24, 2.45) is 5.14 Å². The normalized spacial score (nSPS) is 11.3. The van der Waals surface area contributed by atoms with E-state index in [0.717, 1.165) is 9.26 Å². The lowest BCUT2D eigenvalue weighted by Gasteiger charge is -2.11. The highest BCUT2D eigenvalue weighted by molar-refractivity contribution is 14.1. The van der Waals surface area contributed by atoms with E-state index >= 15 is 0 Å². The highest BCUT2D eigenvalue weighted by atomic mass is 127. The zero-order chi connectivity index (χ0) is 14.0. The van der Waals surface area contributed by atoms with Crippen LogP contribution in [0.1, 0.15) is 0 Å². The van der Waals surface area contributed by atoms with Crippen molar-refractivity contribution in [3.63, 3.8) is 0 Å². The SMILES string of the molecule is Nc1ccc(Nc2cccc(I)c2)c(S(N)(=O)=O)c1. The van der Waals surface area contributed by atoms with Gasteiger partial charge in [-0.3, -0.25) is 0 Å². The first-order valence-corrected chi connectivity index (χ1v) is 7.94. The number of nitrogens with one attached hydrogen (secondary N) is 1. The van der Waals surface area contributed by atoms with Gasteiger partial charge in [0.15, 0.2) is 0 Å². The average molecular weight is 389 g/mol. The molecule has 0 bridgehead atoms. The van der Waals surface area contributed by atoms with Crippen molar-refractivity contribution in [2.75, 3.05) is 11.1 Å². The number of hydrogen-bond donors (Lipinski definition) is 3. The molecule has 19 heavy (non-hydrogen) atoms. The topological polar surface area (TPSA) is 98.2 Å². The second-order valence-electron chi connectivity index (χ2n) is 3.94. The molecule has 0 saturated carbocycles. The molecule has 7 heteroatoms. The number of nitrogen functional groups attached to an aromatic ring is 1. The fourth-order valence-corrected chi connectivity index (χ4v) is 2.87. The van der Waals surface area contributed by atoms with Gasteiger partial charge in [-0.15, -0.1) is 0 Å². The Morgan fingerprint density at radius 1 is 1.11 bits per heavy atom. The molecule has 0 aliphatic heterocycles. The van der Waals surface area contributed by atoms with Gasteiger partial charge < -0.3 is 11.1 Å². The summed E-state index contributed by atoms with van der Waals surface area (Å²) in [6.07, 6.45) is 0. The highest BCUT2D eigenvalue weighted by Gasteiger charge is 2.14. The van der Waals surface area contributed by atoms with Crippen LogP contribution in [0.15, 0.2) is 47.4 Å². The minimum Gasteiger partial charge on any atom is -0.399 e. The largest absolute Gasteiger partial charge is 0.399 e. The third kappa shape index (κ3) is 3.58. The van der Waals surface area contributed by atoms with Gasteiger partial charge in [-0.25, -0.2) is 13.6 Å². The molecular formula is C12H12IN3O2S. The van der Waals surface area contributed by atoms with Crippen molar-refractivity contribution in [3.8, 4) is 0 Å². The Balaban J connectivity index is 2.46. The summed E-state index contributed by atoms with van der Waals surface area (Å²) in [6, 6.07) is 12.1. The Morgan fingerprint density at radius 2 is 1.84 bits per heavy atom. The van der Waals surface area contributed by atoms with Gasteiger partial charge in [0.05, 0.1) is 5.69 Å². The van der Waals surface area contributed by atoms with E-state index < -0.39 is 10.0 Å². The Labute approximate surface area is 125 Å². The standard InChI is InChI=1S/C12H12IN3O2S/c13-8-2-1-3-10(6-8)16-11-5-4-9(14)7-12(11)19(15,17)18/h1-7,16H,14H2,(H2,15,17,18). The van der Waals surface area contributed by atoms with Crippen LogP contribution in [0.4, 0.5) is 17.1 Å². The number of nitrogens with two attached hydrogens (primary N) is 2. The van der Waals surface area contributed by atoms with Crippen LogP contribution in [-0.2, 0) is 10.0 Å². The lowest BCUT2D eigenvalue weighted by atomic mass is 10.2. The molecule has 5 N–H and O–H groups in total. The first kappa shape index (κ1) is 14.1. The maximum atomic E-state index is 11.5. The van der Waals surface area contributed by atoms with E-state index in [9.17, 15) is 8.42 Å². The zero-order valence-electron chi connectivity index (χ0n) is 9.80. The van der Waals surface area contributed by atoms with E-state index in [1.54, 1.807) is 12.1 Å². The second-order valence-corrected chi connectivity index (χ2v) is 6.71. The van der Waals surface area contributed by atoms with E-state index in [-0.39, 0.29) is 4.90 Å². The Kier molecular flexibility index (Phi) is 3.97. The van der Waals surface area contributed by atoms with Crippen LogP contribution in [0, 0.1) is 3.57 Å². The molecule has 0 amide bonds. The molecule has 0 aromatic heterocycles. The van der Waals surface area contributed by atoms with E-state index in [4.69, 9.17) is 10.9 Å². The number of hydrogen-bond acceptors (Lipinski definition) is 4. The van der Waals surface area contributed by atoms with E-state index in [0.29, 0.717) is 11.4 Å². The molecule has 0 heterocycles. The summed E-state index contributed by atoms with van der Waals surface area (Å²) < 4.78 is 24.1. The molecule has 2 aromatic rings. The number of benzene rings is 2. The summed E-state index contributed by atoms with van der Waals surface area (Å²) in [7, 11) is -3.83. The molecule has 100 valence electrons. The third-order valence-corrected chi connectivity index (χ3v) is 4.04. The molecule has 0 aliphatic carbocycles. The molecule has 5 nitrogen and oxygen atoms in total. The smallest absolute Gasteiger partial charge is 0.240 e. The molecule has 0 spiro atoms. The molecule has 0 aliphatic rings. The van der Waals surface area contributed by atoms with Gasteiger partial charge in [0.1, 0.15) is 4.90 Å². The maximum absolute atomic E-state index is 11.5. The highest BCUT2D eigenvalue weighted by Crippen LogP contribution is 2.26. The summed E-state index contributed by atoms with van der Waals surface area (Å²) in [5.41, 5.74) is 7.12. The van der Waals surface area contributed by atoms with Crippen LogP contribution in [0.25, 0.3) is 0 Å². The molecular weight excluding hydrogens is 377 g/mol. The summed E-state index contributed by atoms with van der Waals surface area (Å²) in [5, 5.41) is 8.21. The van der Waals surface area contributed by atoms with Crippen molar-refractivity contribution in [2.45, 2.75) is 4.90 Å². The molecule has 2 aromatic carbocycles. The summed E-state index contributed by atoms with van der Waals surface area (Å²) in [6.45, 7) is 0. The number of primary sulfonamides is 1. The van der Waals surface area contributed by atoms with Crippen molar-refractivity contribution >= 4 is 49.7 Å². The zero-order valence-corrected chi connectivity index (χ0v) is 12.8. The number of anilines is 3. The Bertz CT molecular complexity index is 717. The fourth-order valence-electron chi connectivity index (χ4n) is 1.60. The number of sulfonamides is 1. The second kappa shape index (κ2) is 5.35. The molecule has 0 unspecified atom stereocenters. The lowest BCUT2D eigenvalue weighted by molar-refractivity contribution is 0.598. The summed E-state index contributed by atoms with van der Waals surface area (Å²) >= 11 is 2.18. The Morgan fingerprint density at radius 3 is 2.47 bits per heavy atom. The van der Waals surface area contributed by atoms with Gasteiger partial charge in [-0.2, -0.15) is 0 Å². The van der Waals surface area contributed by atoms with E-state index in [1.807, 2.05) is 24.3 Å². The van der Waals surface area contributed by atoms with E-state index in [1.165, 1.54) is 6.07 Å². The minimum absolute atomic E-state index is 0.0219. The predicted molar refractivity (Wildman–Crippen MR) is 84.7 cm³/mol. The maximum Gasteiger partial charge on any atom is 0.240 e. The summed E-state index contributed by atoms with van der Waals surface area (Å²) in [5.74, 6) is 0. The molecule has 0 saturated heterocycles. The summed E-state index contributed by atoms with van der Waals surface area (Å²) in [4.78, 5) is -0.0219. The van der Waals surface area contributed by atoms with Crippen molar-refractivity contribution in [1.82, 2.24) is 0 Å². The average Bonchev–Trinajstić information content (AvgIpc) is 2.30. The van der Waals surface area contributed by atoms with Gasteiger partial charge in [0.2, 0.25) is 10.0 Å². The van der Waals surface area contributed by atoms with Crippen LogP contribution in [0.2, 0.25) is 0 Å². The number of halogens is 1. The Hall–Kier alpha value is -1.32. The number of rotatable bonds is 3. The van der Waals surface area contributed by atoms with Crippen LogP contribution in [0.3, 0.4) is 0 Å². The van der Waals surface area contributed by atoms with Crippen LogP contribution < -0.4 is 16.2 Å². The van der Waals surface area contributed by atoms with Crippen molar-refractivity contribution in [3.05, 3.63) is 46.0 Å². The van der Waals surface area contributed by atoms with Gasteiger partial charge in [-0.05, 0) is 59.0 Å². The van der Waals surface area contributed by atoms with Gasteiger partial charge in [0, 0.05) is 14.9 Å². The molecule has 2 rings (SSSR count). The molecule has 0 radical (unpaired) electrons. The monoisotopic (exact) mass is 389 g/mol. The molecule has 0 atom stereocenters. The lowest BCUT2D eigenvalue weighted by Crippen LogP contribution is -2.14. The van der Waals surface area contributed by atoms with Gasteiger partial charge in [0.25, 0.3) is 0 Å². The van der Waals surface area contributed by atoms with Gasteiger partial charge in [-0.1, -0.05) is 6.07 Å². The fraction of sp³-hybridized carbons (Fsp3) is 0. The first-order chi connectivity index (χ1) is 8.86. The minimum atomic E-state index is -3.83. The van der Waals surface area contributed by atoms with Crippen molar-refractivity contribution < 1.29 is 8.42 Å². The van der Waals surface area contributed by atoms with E-state index in [2.05, 4.69) is 27.9 Å². The quantitative estimate of drug-likeness (QED) is 0.554.